The van der Waals surface area contributed by atoms with E-state index in [1.807, 2.05) is 13.0 Å². The Balaban J connectivity index is 1.76. The maximum atomic E-state index is 13.1. The van der Waals surface area contributed by atoms with E-state index in [1.165, 1.54) is 10.8 Å². The number of nitrogens with zero attached hydrogens (tertiary/aromatic N) is 2. The minimum Gasteiger partial charge on any atom is -0.323 e. The van der Waals surface area contributed by atoms with Crippen LogP contribution in [-0.2, 0) is 11.3 Å². The average Bonchev–Trinajstić information content (AvgIpc) is 2.77. The van der Waals surface area contributed by atoms with Crippen LogP contribution in [0.3, 0.4) is 0 Å². The summed E-state index contributed by atoms with van der Waals surface area (Å²) in [5.74, 6) is -0.790. The summed E-state index contributed by atoms with van der Waals surface area (Å²) in [6.07, 6.45) is 1.40. The van der Waals surface area contributed by atoms with Gasteiger partial charge in [0.1, 0.15) is 12.2 Å². The molecule has 33 heavy (non-hydrogen) atoms. The Hall–Kier alpha value is -3.29. The zero-order chi connectivity index (χ0) is 23.7. The summed E-state index contributed by atoms with van der Waals surface area (Å²) >= 11 is 9.58. The van der Waals surface area contributed by atoms with E-state index >= 15 is 0 Å². The lowest BCUT2D eigenvalue weighted by atomic mass is 10.0. The molecule has 1 amide bonds. The minimum atomic E-state index is -0.427. The van der Waals surface area contributed by atoms with E-state index in [4.69, 9.17) is 11.6 Å². The van der Waals surface area contributed by atoms with Crippen LogP contribution < -0.4 is 10.7 Å². The highest BCUT2D eigenvalue weighted by Gasteiger charge is 2.19. The molecule has 2 heterocycles. The monoisotopic (exact) mass is 523 g/mol. The third-order valence-corrected chi connectivity index (χ3v) is 5.97. The zero-order valence-electron chi connectivity index (χ0n) is 17.9. The van der Waals surface area contributed by atoms with Crippen molar-refractivity contribution >= 4 is 55.9 Å². The highest BCUT2D eigenvalue weighted by atomic mass is 79.9. The van der Waals surface area contributed by atoms with E-state index in [0.717, 1.165) is 10.0 Å². The van der Waals surface area contributed by atoms with Gasteiger partial charge in [0.25, 0.3) is 0 Å². The number of rotatable bonds is 5. The predicted molar refractivity (Wildman–Crippen MR) is 133 cm³/mol. The van der Waals surface area contributed by atoms with Crippen molar-refractivity contribution in [3.63, 3.8) is 0 Å². The van der Waals surface area contributed by atoms with Crippen molar-refractivity contribution in [1.29, 1.82) is 0 Å². The molecule has 2 aromatic carbocycles. The Morgan fingerprint density at radius 1 is 1.06 bits per heavy atom. The van der Waals surface area contributed by atoms with Gasteiger partial charge in [-0.1, -0.05) is 33.6 Å². The zero-order valence-corrected chi connectivity index (χ0v) is 20.2. The van der Waals surface area contributed by atoms with Gasteiger partial charge in [0.05, 0.1) is 21.7 Å². The third kappa shape index (κ3) is 4.89. The van der Waals surface area contributed by atoms with Gasteiger partial charge in [0.15, 0.2) is 5.78 Å². The molecule has 0 saturated heterocycles. The fourth-order valence-corrected chi connectivity index (χ4v) is 4.01. The van der Waals surface area contributed by atoms with Gasteiger partial charge in [-0.15, -0.1) is 0 Å². The van der Waals surface area contributed by atoms with Gasteiger partial charge < -0.3 is 9.88 Å². The molecular formula is C25H19BrClN3O3. The lowest BCUT2D eigenvalue weighted by Gasteiger charge is -2.14. The molecule has 0 spiro atoms. The number of carbonyl (C=O) groups is 2. The van der Waals surface area contributed by atoms with E-state index in [9.17, 15) is 14.4 Å². The van der Waals surface area contributed by atoms with E-state index in [1.54, 1.807) is 55.5 Å². The van der Waals surface area contributed by atoms with Crippen molar-refractivity contribution in [2.45, 2.75) is 20.4 Å². The third-order valence-electron chi connectivity index (χ3n) is 5.12. The lowest BCUT2D eigenvalue weighted by Crippen LogP contribution is -2.25. The van der Waals surface area contributed by atoms with E-state index in [0.29, 0.717) is 27.6 Å². The SMILES string of the molecule is Cc1ccc(NC(=O)Cn2cc(C(=O)c3ccc(Br)cc3)c(=O)c3ccc(C)nc32)c(Cl)c1. The summed E-state index contributed by atoms with van der Waals surface area (Å²) in [5.41, 5.74) is 2.38. The second-order valence-corrected chi connectivity index (χ2v) is 9.01. The summed E-state index contributed by atoms with van der Waals surface area (Å²) in [6.45, 7) is 3.54. The molecule has 0 aliphatic rings. The highest BCUT2D eigenvalue weighted by Crippen LogP contribution is 2.23. The van der Waals surface area contributed by atoms with Crippen molar-refractivity contribution in [2.24, 2.45) is 0 Å². The topological polar surface area (TPSA) is 81.1 Å². The number of carbonyl (C=O) groups excluding carboxylic acids is 2. The van der Waals surface area contributed by atoms with Crippen molar-refractivity contribution in [2.75, 3.05) is 5.32 Å². The van der Waals surface area contributed by atoms with Gasteiger partial charge in [0.2, 0.25) is 11.3 Å². The number of amides is 1. The number of pyridine rings is 2. The van der Waals surface area contributed by atoms with Crippen molar-refractivity contribution in [1.82, 2.24) is 9.55 Å². The summed E-state index contributed by atoms with van der Waals surface area (Å²) in [5, 5.41) is 3.47. The van der Waals surface area contributed by atoms with Gasteiger partial charge in [-0.05, 0) is 67.9 Å². The van der Waals surface area contributed by atoms with Gasteiger partial charge in [-0.2, -0.15) is 0 Å². The number of nitrogens with one attached hydrogen (secondary N) is 1. The molecule has 2 aromatic heterocycles. The van der Waals surface area contributed by atoms with Gasteiger partial charge in [0, 0.05) is 21.9 Å². The molecular weight excluding hydrogens is 506 g/mol. The summed E-state index contributed by atoms with van der Waals surface area (Å²) in [7, 11) is 0. The number of ketones is 1. The first-order valence-corrected chi connectivity index (χ1v) is 11.3. The Bertz CT molecular complexity index is 1460. The molecule has 0 unspecified atom stereocenters. The van der Waals surface area contributed by atoms with Gasteiger partial charge in [-0.3, -0.25) is 14.4 Å². The smallest absolute Gasteiger partial charge is 0.244 e. The van der Waals surface area contributed by atoms with E-state index in [-0.39, 0.29) is 23.4 Å². The normalized spacial score (nSPS) is 10.9. The number of benzene rings is 2. The van der Waals surface area contributed by atoms with Crippen LogP contribution in [0.15, 0.2) is 70.1 Å². The number of aromatic nitrogens is 2. The number of fused-ring (bicyclic) bond motifs is 1. The Morgan fingerprint density at radius 3 is 2.48 bits per heavy atom. The molecule has 0 radical (unpaired) electrons. The van der Waals surface area contributed by atoms with Crippen LogP contribution >= 0.6 is 27.5 Å². The maximum Gasteiger partial charge on any atom is 0.244 e. The summed E-state index contributed by atoms with van der Waals surface area (Å²) in [4.78, 5) is 43.5. The van der Waals surface area contributed by atoms with Crippen LogP contribution in [-0.4, -0.2) is 21.2 Å². The van der Waals surface area contributed by atoms with E-state index < -0.39 is 11.2 Å². The number of hydrogen-bond acceptors (Lipinski definition) is 4. The summed E-state index contributed by atoms with van der Waals surface area (Å²) in [6, 6.07) is 15.4. The molecule has 166 valence electrons. The molecule has 8 heteroatoms. The molecule has 6 nitrogen and oxygen atoms in total. The van der Waals surface area contributed by atoms with Crippen molar-refractivity contribution in [3.05, 3.63) is 103 Å². The molecule has 1 N–H and O–H groups in total. The Labute approximate surface area is 203 Å². The molecule has 0 aliphatic carbocycles. The largest absolute Gasteiger partial charge is 0.323 e. The fourth-order valence-electron chi connectivity index (χ4n) is 3.46. The molecule has 0 bridgehead atoms. The Morgan fingerprint density at radius 2 is 1.79 bits per heavy atom. The summed E-state index contributed by atoms with van der Waals surface area (Å²) < 4.78 is 2.34. The standard InChI is InChI=1S/C25H19BrClN3O3/c1-14-3-10-21(20(27)11-14)29-22(31)13-30-12-19(23(32)16-5-7-17(26)8-6-16)24(33)18-9-4-15(2)28-25(18)30/h3-12H,13H2,1-2H3,(H,29,31). The quantitative estimate of drug-likeness (QED) is 0.359. The second-order valence-electron chi connectivity index (χ2n) is 7.69. The Kier molecular flexibility index (Phi) is 6.44. The maximum absolute atomic E-state index is 13.1. The molecule has 0 saturated carbocycles. The molecule has 4 aromatic rings. The molecule has 0 fully saturated rings. The minimum absolute atomic E-state index is 0.0309. The lowest BCUT2D eigenvalue weighted by molar-refractivity contribution is -0.116. The van der Waals surface area contributed by atoms with Crippen LogP contribution in [0, 0.1) is 13.8 Å². The fraction of sp³-hybridized carbons (Fsp3) is 0.120. The van der Waals surface area contributed by atoms with Gasteiger partial charge >= 0.3 is 0 Å². The number of aryl methyl sites for hydroxylation is 2. The van der Waals surface area contributed by atoms with Crippen LogP contribution in [0.1, 0.15) is 27.2 Å². The van der Waals surface area contributed by atoms with E-state index in [2.05, 4.69) is 26.2 Å². The van der Waals surface area contributed by atoms with Crippen molar-refractivity contribution in [3.8, 4) is 0 Å². The van der Waals surface area contributed by atoms with Crippen molar-refractivity contribution < 1.29 is 9.59 Å². The predicted octanol–water partition coefficient (Wildman–Crippen LogP) is 5.30. The van der Waals surface area contributed by atoms with Crippen LogP contribution in [0.5, 0.6) is 0 Å². The molecule has 0 atom stereocenters. The van der Waals surface area contributed by atoms with Crippen LogP contribution in [0.25, 0.3) is 11.0 Å². The first-order valence-electron chi connectivity index (χ1n) is 10.1. The second kappa shape index (κ2) is 9.29. The molecule has 0 aliphatic heterocycles. The number of halogens is 2. The molecule has 4 rings (SSSR count). The van der Waals surface area contributed by atoms with Crippen LogP contribution in [0.4, 0.5) is 5.69 Å². The average molecular weight is 525 g/mol. The first-order chi connectivity index (χ1) is 15.7. The highest BCUT2D eigenvalue weighted by molar-refractivity contribution is 9.10. The van der Waals surface area contributed by atoms with Gasteiger partial charge in [-0.25, -0.2) is 4.98 Å². The first kappa shape index (κ1) is 22.9. The number of hydrogen-bond donors (Lipinski definition) is 1. The van der Waals surface area contributed by atoms with Crippen LogP contribution in [0.2, 0.25) is 5.02 Å². The number of anilines is 1.